The van der Waals surface area contributed by atoms with E-state index in [1.54, 1.807) is 0 Å². The van der Waals surface area contributed by atoms with Gasteiger partial charge in [-0.2, -0.15) is 0 Å². The summed E-state index contributed by atoms with van der Waals surface area (Å²) in [5, 5.41) is 3.56. The van der Waals surface area contributed by atoms with Crippen molar-refractivity contribution in [1.82, 2.24) is 15.1 Å². The molecule has 1 rings (SSSR count). The van der Waals surface area contributed by atoms with Crippen LogP contribution in [0.5, 0.6) is 0 Å². The van der Waals surface area contributed by atoms with Gasteiger partial charge in [0.15, 0.2) is 0 Å². The van der Waals surface area contributed by atoms with Gasteiger partial charge in [-0.3, -0.25) is 0 Å². The third-order valence-corrected chi connectivity index (χ3v) is 4.55. The van der Waals surface area contributed by atoms with Gasteiger partial charge in [-0.1, -0.05) is 20.8 Å². The molecule has 0 aromatic heterocycles. The lowest BCUT2D eigenvalue weighted by Gasteiger charge is -2.37. The van der Waals surface area contributed by atoms with Crippen LogP contribution < -0.4 is 5.32 Å². The quantitative estimate of drug-likeness (QED) is 0.751. The first kappa shape index (κ1) is 15.9. The zero-order chi connectivity index (χ0) is 13.8. The highest BCUT2D eigenvalue weighted by atomic mass is 15.2. The van der Waals surface area contributed by atoms with E-state index in [4.69, 9.17) is 0 Å². The van der Waals surface area contributed by atoms with E-state index in [-0.39, 0.29) is 0 Å². The third-order valence-electron chi connectivity index (χ3n) is 4.55. The number of hydrogen-bond donors (Lipinski definition) is 1. The van der Waals surface area contributed by atoms with E-state index in [1.165, 1.54) is 25.9 Å². The summed E-state index contributed by atoms with van der Waals surface area (Å²) in [6.07, 6.45) is 2.73. The molecule has 0 bridgehead atoms. The first-order chi connectivity index (χ1) is 8.36. The Morgan fingerprint density at radius 1 is 1.44 bits per heavy atom. The van der Waals surface area contributed by atoms with E-state index in [2.05, 4.69) is 56.9 Å². The molecule has 1 aliphatic rings. The molecule has 3 heteroatoms. The van der Waals surface area contributed by atoms with Crippen LogP contribution in [0, 0.1) is 5.41 Å². The fraction of sp³-hybridized carbons (Fsp3) is 1.00. The zero-order valence-corrected chi connectivity index (χ0v) is 13.3. The van der Waals surface area contributed by atoms with Crippen LogP contribution in [0.15, 0.2) is 0 Å². The standard InChI is InChI=1S/C15H33N3/c1-7-16-13(2)15(3,4)12-17(5)11-14-9-8-10-18(14)6/h13-14,16H,7-12H2,1-6H3. The average Bonchev–Trinajstić information content (AvgIpc) is 2.63. The van der Waals surface area contributed by atoms with Crippen LogP contribution in [-0.4, -0.2) is 62.2 Å². The van der Waals surface area contributed by atoms with Gasteiger partial charge in [0.05, 0.1) is 0 Å². The third kappa shape index (κ3) is 4.52. The molecule has 2 atom stereocenters. The summed E-state index contributed by atoms with van der Waals surface area (Å²) in [5.41, 5.74) is 0.321. The molecule has 1 fully saturated rings. The predicted octanol–water partition coefficient (Wildman–Crippen LogP) is 2.04. The van der Waals surface area contributed by atoms with E-state index < -0.39 is 0 Å². The van der Waals surface area contributed by atoms with Gasteiger partial charge >= 0.3 is 0 Å². The van der Waals surface area contributed by atoms with Crippen LogP contribution >= 0.6 is 0 Å². The average molecular weight is 255 g/mol. The van der Waals surface area contributed by atoms with Crippen LogP contribution in [0.25, 0.3) is 0 Å². The number of hydrogen-bond acceptors (Lipinski definition) is 3. The van der Waals surface area contributed by atoms with Gasteiger partial charge in [-0.15, -0.1) is 0 Å². The van der Waals surface area contributed by atoms with Crippen LogP contribution in [0.4, 0.5) is 0 Å². The van der Waals surface area contributed by atoms with Crippen molar-refractivity contribution in [3.05, 3.63) is 0 Å². The zero-order valence-electron chi connectivity index (χ0n) is 13.3. The molecule has 0 aliphatic carbocycles. The molecule has 1 saturated heterocycles. The highest BCUT2D eigenvalue weighted by Gasteiger charge is 2.29. The molecule has 0 aromatic rings. The van der Waals surface area contributed by atoms with Gasteiger partial charge in [0.25, 0.3) is 0 Å². The Balaban J connectivity index is 2.40. The summed E-state index contributed by atoms with van der Waals surface area (Å²) in [6.45, 7) is 13.9. The maximum atomic E-state index is 3.56. The first-order valence-corrected chi connectivity index (χ1v) is 7.49. The molecule has 3 nitrogen and oxygen atoms in total. The second-order valence-electron chi connectivity index (χ2n) is 6.74. The highest BCUT2D eigenvalue weighted by molar-refractivity contribution is 4.85. The van der Waals surface area contributed by atoms with Gasteiger partial charge < -0.3 is 15.1 Å². The summed E-state index contributed by atoms with van der Waals surface area (Å²) in [5.74, 6) is 0. The van der Waals surface area contributed by atoms with Crippen LogP contribution in [-0.2, 0) is 0 Å². The van der Waals surface area contributed by atoms with Crippen molar-refractivity contribution < 1.29 is 0 Å². The fourth-order valence-electron chi connectivity index (χ4n) is 3.05. The van der Waals surface area contributed by atoms with Gasteiger partial charge in [-0.25, -0.2) is 0 Å². The number of nitrogens with one attached hydrogen (secondary N) is 1. The molecule has 1 heterocycles. The molecule has 1 aliphatic heterocycles. The van der Waals surface area contributed by atoms with Gasteiger partial charge in [-0.05, 0) is 52.4 Å². The van der Waals surface area contributed by atoms with Crippen LogP contribution in [0.1, 0.15) is 40.5 Å². The second-order valence-corrected chi connectivity index (χ2v) is 6.74. The summed E-state index contributed by atoms with van der Waals surface area (Å²) < 4.78 is 0. The van der Waals surface area contributed by atoms with Crippen molar-refractivity contribution in [2.45, 2.75) is 52.6 Å². The minimum atomic E-state index is 0.321. The number of rotatable bonds is 7. The second kappa shape index (κ2) is 6.88. The van der Waals surface area contributed by atoms with E-state index in [9.17, 15) is 0 Å². The van der Waals surface area contributed by atoms with Crippen molar-refractivity contribution in [1.29, 1.82) is 0 Å². The molecule has 0 aromatic carbocycles. The Labute approximate surface area is 114 Å². The summed E-state index contributed by atoms with van der Waals surface area (Å²) >= 11 is 0. The minimum absolute atomic E-state index is 0.321. The fourth-order valence-corrected chi connectivity index (χ4v) is 3.05. The monoisotopic (exact) mass is 255 g/mol. The SMILES string of the molecule is CCNC(C)C(C)(C)CN(C)CC1CCCN1C. The molecule has 0 spiro atoms. The van der Waals surface area contributed by atoms with Crippen molar-refractivity contribution in [2.24, 2.45) is 5.41 Å². The van der Waals surface area contributed by atoms with Crippen LogP contribution in [0.2, 0.25) is 0 Å². The molecule has 0 radical (unpaired) electrons. The van der Waals surface area contributed by atoms with E-state index in [1.807, 2.05) is 0 Å². The number of likely N-dealkylation sites (tertiary alicyclic amines) is 1. The Hall–Kier alpha value is -0.120. The minimum Gasteiger partial charge on any atom is -0.314 e. The van der Waals surface area contributed by atoms with E-state index in [0.29, 0.717) is 11.5 Å². The largest absolute Gasteiger partial charge is 0.314 e. The lowest BCUT2D eigenvalue weighted by molar-refractivity contribution is 0.139. The lowest BCUT2D eigenvalue weighted by atomic mass is 9.84. The molecule has 1 N–H and O–H groups in total. The summed E-state index contributed by atoms with van der Waals surface area (Å²) in [4.78, 5) is 5.03. The van der Waals surface area contributed by atoms with Crippen molar-refractivity contribution in [3.63, 3.8) is 0 Å². The normalized spacial score (nSPS) is 23.8. The summed E-state index contributed by atoms with van der Waals surface area (Å²) in [7, 11) is 4.53. The molecule has 108 valence electrons. The van der Waals surface area contributed by atoms with Gasteiger partial charge in [0, 0.05) is 25.2 Å². The molecular formula is C15H33N3. The molecule has 2 unspecified atom stereocenters. The van der Waals surface area contributed by atoms with E-state index in [0.717, 1.165) is 19.1 Å². The van der Waals surface area contributed by atoms with Gasteiger partial charge in [0.2, 0.25) is 0 Å². The molecular weight excluding hydrogens is 222 g/mol. The van der Waals surface area contributed by atoms with Gasteiger partial charge in [0.1, 0.15) is 0 Å². The number of nitrogens with zero attached hydrogens (tertiary/aromatic N) is 2. The Bertz CT molecular complexity index is 240. The van der Waals surface area contributed by atoms with Crippen molar-refractivity contribution >= 4 is 0 Å². The smallest absolute Gasteiger partial charge is 0.0220 e. The molecule has 18 heavy (non-hydrogen) atoms. The maximum absolute atomic E-state index is 3.56. The van der Waals surface area contributed by atoms with Crippen molar-refractivity contribution in [3.8, 4) is 0 Å². The predicted molar refractivity (Wildman–Crippen MR) is 80.1 cm³/mol. The molecule has 0 amide bonds. The van der Waals surface area contributed by atoms with E-state index >= 15 is 0 Å². The number of likely N-dealkylation sites (N-methyl/N-ethyl adjacent to an activating group) is 2. The lowest BCUT2D eigenvalue weighted by Crippen LogP contribution is -2.48. The Morgan fingerprint density at radius 2 is 2.11 bits per heavy atom. The summed E-state index contributed by atoms with van der Waals surface area (Å²) in [6, 6.07) is 1.33. The Morgan fingerprint density at radius 3 is 2.61 bits per heavy atom. The Kier molecular flexibility index (Phi) is 6.09. The molecule has 0 saturated carbocycles. The first-order valence-electron chi connectivity index (χ1n) is 7.49. The van der Waals surface area contributed by atoms with Crippen molar-refractivity contribution in [2.75, 3.05) is 40.3 Å². The van der Waals surface area contributed by atoms with Crippen LogP contribution in [0.3, 0.4) is 0 Å². The topological polar surface area (TPSA) is 18.5 Å². The maximum Gasteiger partial charge on any atom is 0.0220 e. The highest BCUT2D eigenvalue weighted by Crippen LogP contribution is 2.23.